The highest BCUT2D eigenvalue weighted by Gasteiger charge is 2.28. The van der Waals surface area contributed by atoms with Crippen LogP contribution in [0.1, 0.15) is 29.7 Å². The van der Waals surface area contributed by atoms with E-state index in [1.165, 1.54) is 16.7 Å². The van der Waals surface area contributed by atoms with E-state index in [2.05, 4.69) is 49.2 Å². The maximum absolute atomic E-state index is 6.01. The first kappa shape index (κ1) is 14.5. The Labute approximate surface area is 116 Å². The summed E-state index contributed by atoms with van der Waals surface area (Å²) in [7, 11) is 2.03. The van der Waals surface area contributed by atoms with E-state index in [1.54, 1.807) is 0 Å². The van der Waals surface area contributed by atoms with Gasteiger partial charge in [0.25, 0.3) is 0 Å². The van der Waals surface area contributed by atoms with Crippen LogP contribution >= 0.6 is 0 Å². The molecule has 2 atom stereocenters. The molecule has 1 N–H and O–H groups in total. The third-order valence-electron chi connectivity index (χ3n) is 4.08. The highest BCUT2D eigenvalue weighted by molar-refractivity contribution is 5.33. The van der Waals surface area contributed by atoms with Crippen LogP contribution in [0.25, 0.3) is 0 Å². The molecule has 1 aliphatic rings. The van der Waals surface area contributed by atoms with Gasteiger partial charge in [0, 0.05) is 13.1 Å². The van der Waals surface area contributed by atoms with Crippen molar-refractivity contribution in [1.82, 2.24) is 10.2 Å². The molecule has 1 fully saturated rings. The van der Waals surface area contributed by atoms with Gasteiger partial charge in [-0.1, -0.05) is 30.7 Å². The van der Waals surface area contributed by atoms with Crippen molar-refractivity contribution < 1.29 is 4.74 Å². The Morgan fingerprint density at radius 1 is 1.42 bits per heavy atom. The molecule has 0 aliphatic carbocycles. The maximum atomic E-state index is 6.01. The van der Waals surface area contributed by atoms with Crippen LogP contribution in [0, 0.1) is 13.8 Å². The molecule has 106 valence electrons. The molecule has 3 nitrogen and oxygen atoms in total. The van der Waals surface area contributed by atoms with Gasteiger partial charge in [0.1, 0.15) is 0 Å². The van der Waals surface area contributed by atoms with Crippen molar-refractivity contribution >= 4 is 0 Å². The molecule has 3 heteroatoms. The predicted octanol–water partition coefficient (Wildman–Crippen LogP) is 2.28. The molecule has 2 rings (SSSR count). The van der Waals surface area contributed by atoms with Crippen LogP contribution < -0.4 is 5.32 Å². The molecular formula is C16H26N2O. The molecule has 0 aromatic heterocycles. The Bertz CT molecular complexity index is 419. The average Bonchev–Trinajstić information content (AvgIpc) is 2.44. The van der Waals surface area contributed by atoms with Gasteiger partial charge < -0.3 is 10.1 Å². The van der Waals surface area contributed by atoms with E-state index in [0.717, 1.165) is 26.2 Å². The topological polar surface area (TPSA) is 24.5 Å². The number of aryl methyl sites for hydroxylation is 2. The van der Waals surface area contributed by atoms with Crippen molar-refractivity contribution in [3.05, 3.63) is 34.9 Å². The summed E-state index contributed by atoms with van der Waals surface area (Å²) in [6.45, 7) is 10.5. The molecule has 19 heavy (non-hydrogen) atoms. The fourth-order valence-electron chi connectivity index (χ4n) is 2.86. The van der Waals surface area contributed by atoms with Crippen LogP contribution in [-0.4, -0.2) is 44.3 Å². The van der Waals surface area contributed by atoms with Crippen molar-refractivity contribution in [3.8, 4) is 0 Å². The average molecular weight is 262 g/mol. The molecule has 1 aromatic carbocycles. The summed E-state index contributed by atoms with van der Waals surface area (Å²) in [6, 6.07) is 6.93. The predicted molar refractivity (Wildman–Crippen MR) is 79.6 cm³/mol. The minimum absolute atomic E-state index is 0.235. The third kappa shape index (κ3) is 3.35. The summed E-state index contributed by atoms with van der Waals surface area (Å²) >= 11 is 0. The van der Waals surface area contributed by atoms with Gasteiger partial charge in [-0.2, -0.15) is 0 Å². The number of nitrogens with one attached hydrogen (secondary N) is 1. The number of rotatable bonds is 4. The van der Waals surface area contributed by atoms with Gasteiger partial charge in [-0.15, -0.1) is 0 Å². The van der Waals surface area contributed by atoms with Crippen molar-refractivity contribution in [2.75, 3.05) is 33.3 Å². The first-order chi connectivity index (χ1) is 9.15. The highest BCUT2D eigenvalue weighted by atomic mass is 16.5. The standard InChI is InChI=1S/C16H26N2O/c1-5-18-8-9-19-15(11-18)16(17-4)14-10-12(2)6-7-13(14)3/h6-7,10,15-17H,5,8-9,11H2,1-4H3. The van der Waals surface area contributed by atoms with Crippen molar-refractivity contribution in [1.29, 1.82) is 0 Å². The first-order valence-corrected chi connectivity index (χ1v) is 7.24. The summed E-state index contributed by atoms with van der Waals surface area (Å²) in [4.78, 5) is 2.46. The molecule has 0 radical (unpaired) electrons. The summed E-state index contributed by atoms with van der Waals surface area (Å²) in [5.41, 5.74) is 4.01. The van der Waals surface area contributed by atoms with Crippen LogP contribution in [0.5, 0.6) is 0 Å². The van der Waals surface area contributed by atoms with Crippen LogP contribution in [0.2, 0.25) is 0 Å². The lowest BCUT2D eigenvalue weighted by atomic mass is 9.94. The van der Waals surface area contributed by atoms with Crippen LogP contribution in [0.4, 0.5) is 0 Å². The van der Waals surface area contributed by atoms with Crippen molar-refractivity contribution in [2.24, 2.45) is 0 Å². The molecule has 0 spiro atoms. The van der Waals surface area contributed by atoms with Gasteiger partial charge in [-0.05, 0) is 38.6 Å². The van der Waals surface area contributed by atoms with E-state index >= 15 is 0 Å². The lowest BCUT2D eigenvalue weighted by Crippen LogP contribution is -2.47. The second-order valence-electron chi connectivity index (χ2n) is 5.43. The minimum atomic E-state index is 0.235. The summed E-state index contributed by atoms with van der Waals surface area (Å²) in [5.74, 6) is 0. The molecular weight excluding hydrogens is 236 g/mol. The Morgan fingerprint density at radius 3 is 2.89 bits per heavy atom. The van der Waals surface area contributed by atoms with E-state index < -0.39 is 0 Å². The maximum Gasteiger partial charge on any atom is 0.0896 e. The van der Waals surface area contributed by atoms with Crippen LogP contribution in [0.15, 0.2) is 18.2 Å². The number of hydrogen-bond acceptors (Lipinski definition) is 3. The molecule has 0 amide bonds. The molecule has 0 bridgehead atoms. The smallest absolute Gasteiger partial charge is 0.0896 e. The largest absolute Gasteiger partial charge is 0.374 e. The molecule has 1 aromatic rings. The summed E-state index contributed by atoms with van der Waals surface area (Å²) < 4.78 is 6.01. The lowest BCUT2D eigenvalue weighted by molar-refractivity contribution is -0.0445. The van der Waals surface area contributed by atoms with E-state index in [1.807, 2.05) is 7.05 Å². The first-order valence-electron chi connectivity index (χ1n) is 7.24. The van der Waals surface area contributed by atoms with Gasteiger partial charge in [-0.25, -0.2) is 0 Å². The fourth-order valence-corrected chi connectivity index (χ4v) is 2.86. The zero-order valence-electron chi connectivity index (χ0n) is 12.6. The molecule has 2 unspecified atom stereocenters. The number of nitrogens with zero attached hydrogens (tertiary/aromatic N) is 1. The monoisotopic (exact) mass is 262 g/mol. The summed E-state index contributed by atoms with van der Waals surface area (Å²) in [5, 5.41) is 3.45. The number of ether oxygens (including phenoxy) is 1. The Kier molecular flexibility index (Phi) is 4.97. The van der Waals surface area contributed by atoms with E-state index in [0.29, 0.717) is 0 Å². The van der Waals surface area contributed by atoms with Crippen molar-refractivity contribution in [2.45, 2.75) is 32.9 Å². The number of benzene rings is 1. The Morgan fingerprint density at radius 2 is 2.21 bits per heavy atom. The fraction of sp³-hybridized carbons (Fsp3) is 0.625. The zero-order valence-corrected chi connectivity index (χ0v) is 12.6. The minimum Gasteiger partial charge on any atom is -0.374 e. The van der Waals surface area contributed by atoms with Crippen LogP contribution in [0.3, 0.4) is 0 Å². The van der Waals surface area contributed by atoms with Gasteiger partial charge >= 0.3 is 0 Å². The highest BCUT2D eigenvalue weighted by Crippen LogP contribution is 2.25. The van der Waals surface area contributed by atoms with Crippen molar-refractivity contribution in [3.63, 3.8) is 0 Å². The van der Waals surface area contributed by atoms with Gasteiger partial charge in [-0.3, -0.25) is 4.90 Å². The molecule has 0 saturated carbocycles. The SMILES string of the molecule is CCN1CCOC(C(NC)c2cc(C)ccc2C)C1. The Balaban J connectivity index is 2.21. The summed E-state index contributed by atoms with van der Waals surface area (Å²) in [6.07, 6.45) is 0.235. The Hall–Kier alpha value is -0.900. The number of morpholine rings is 1. The second kappa shape index (κ2) is 6.51. The zero-order chi connectivity index (χ0) is 13.8. The van der Waals surface area contributed by atoms with Crippen LogP contribution in [-0.2, 0) is 4.74 Å². The molecule has 1 saturated heterocycles. The molecule has 1 aliphatic heterocycles. The van der Waals surface area contributed by atoms with E-state index in [-0.39, 0.29) is 12.1 Å². The normalized spacial score (nSPS) is 22.4. The second-order valence-corrected chi connectivity index (χ2v) is 5.43. The quantitative estimate of drug-likeness (QED) is 0.901. The lowest BCUT2D eigenvalue weighted by Gasteiger charge is -2.37. The van der Waals surface area contributed by atoms with Gasteiger partial charge in [0.05, 0.1) is 18.8 Å². The van der Waals surface area contributed by atoms with Gasteiger partial charge in [0.15, 0.2) is 0 Å². The molecule has 1 heterocycles. The number of hydrogen-bond donors (Lipinski definition) is 1. The number of likely N-dealkylation sites (N-methyl/N-ethyl adjacent to an activating group) is 2. The van der Waals surface area contributed by atoms with E-state index in [4.69, 9.17) is 4.74 Å². The van der Waals surface area contributed by atoms with E-state index in [9.17, 15) is 0 Å². The van der Waals surface area contributed by atoms with Gasteiger partial charge in [0.2, 0.25) is 0 Å². The third-order valence-corrected chi connectivity index (χ3v) is 4.08.